The van der Waals surface area contributed by atoms with Crippen LogP contribution in [0.25, 0.3) is 0 Å². The molecule has 21 heavy (non-hydrogen) atoms. The van der Waals surface area contributed by atoms with E-state index >= 15 is 0 Å². The second-order valence-electron chi connectivity index (χ2n) is 4.90. The van der Waals surface area contributed by atoms with Gasteiger partial charge >= 0.3 is 127 Å². The molecule has 0 saturated carbocycles. The Kier molecular flexibility index (Phi) is 3.76. The zero-order valence-electron chi connectivity index (χ0n) is 11.3. The van der Waals surface area contributed by atoms with Crippen LogP contribution in [0.4, 0.5) is 0 Å². The number of hydrogen-bond acceptors (Lipinski definition) is 9. The molecule has 0 aromatic rings. The Labute approximate surface area is 127 Å². The van der Waals surface area contributed by atoms with Crippen molar-refractivity contribution in [3.63, 3.8) is 0 Å². The average Bonchev–Trinajstić information content (AvgIpc) is 3.00. The standard InChI is InChI=1S/C11H17N5O4Se/c1-21-11-9(12)13-3-14-10(11)16(4-15-11)8-7(19)6(18)5(2-17)20-8/h4-8,17-19H,2-3H2,1H3,(H2,12,13)/t5-,6-,7-,8-,11?/m1/s1. The average molecular weight is 362 g/mol. The summed E-state index contributed by atoms with van der Waals surface area (Å²) in [5.74, 6) is 2.96. The number of aliphatic hydroxyl groups is 3. The number of rotatable bonds is 3. The van der Waals surface area contributed by atoms with E-state index in [0.29, 0.717) is 11.7 Å². The maximum atomic E-state index is 10.1. The fraction of sp³-hybridized carbons (Fsp3) is 0.727. The van der Waals surface area contributed by atoms with E-state index < -0.39 is 29.0 Å². The van der Waals surface area contributed by atoms with Gasteiger partial charge in [-0.2, -0.15) is 0 Å². The van der Waals surface area contributed by atoms with Crippen molar-refractivity contribution in [1.82, 2.24) is 4.90 Å². The number of nitrogens with two attached hydrogens (primary N) is 1. The van der Waals surface area contributed by atoms with Gasteiger partial charge in [0.1, 0.15) is 0 Å². The fourth-order valence-electron chi connectivity index (χ4n) is 2.63. The van der Waals surface area contributed by atoms with Crippen LogP contribution in [0.5, 0.6) is 0 Å². The molecule has 0 aromatic carbocycles. The van der Waals surface area contributed by atoms with Crippen molar-refractivity contribution < 1.29 is 20.1 Å². The Balaban J connectivity index is 1.90. The SMILES string of the molecule is C[Se]C12N=CN([C@@H]3O[C@H](CO)[C@@H](O)[C@H]3O)C1=NCN=C2N. The summed E-state index contributed by atoms with van der Waals surface area (Å²) in [5.41, 5.74) is 5.99. The molecule has 3 aliphatic heterocycles. The van der Waals surface area contributed by atoms with Crippen LogP contribution in [-0.4, -0.2) is 95.4 Å². The van der Waals surface area contributed by atoms with Crippen LogP contribution in [0.2, 0.25) is 5.82 Å². The predicted molar refractivity (Wildman–Crippen MR) is 76.4 cm³/mol. The van der Waals surface area contributed by atoms with E-state index in [2.05, 4.69) is 15.0 Å². The minimum atomic E-state index is -1.17. The van der Waals surface area contributed by atoms with Gasteiger partial charge in [0.2, 0.25) is 0 Å². The van der Waals surface area contributed by atoms with Crippen molar-refractivity contribution in [1.29, 1.82) is 0 Å². The van der Waals surface area contributed by atoms with Crippen molar-refractivity contribution in [3.8, 4) is 0 Å². The second kappa shape index (κ2) is 5.31. The van der Waals surface area contributed by atoms with Crippen LogP contribution in [0, 0.1) is 0 Å². The van der Waals surface area contributed by atoms with Crippen molar-refractivity contribution in [3.05, 3.63) is 0 Å². The van der Waals surface area contributed by atoms with Crippen LogP contribution in [-0.2, 0) is 4.74 Å². The molecule has 0 amide bonds. The maximum absolute atomic E-state index is 10.1. The van der Waals surface area contributed by atoms with Gasteiger partial charge in [-0.15, -0.1) is 0 Å². The zero-order chi connectivity index (χ0) is 15.2. The molecule has 5 N–H and O–H groups in total. The molecular weight excluding hydrogens is 345 g/mol. The molecule has 5 atom stereocenters. The molecule has 0 bridgehead atoms. The summed E-state index contributed by atoms with van der Waals surface area (Å²) in [4.78, 5) is 14.5. The molecule has 0 aliphatic carbocycles. The van der Waals surface area contributed by atoms with Gasteiger partial charge < -0.3 is 0 Å². The topological polar surface area (TPSA) is 136 Å². The van der Waals surface area contributed by atoms with Gasteiger partial charge in [-0.3, -0.25) is 0 Å². The summed E-state index contributed by atoms with van der Waals surface area (Å²) in [6, 6.07) is 0. The van der Waals surface area contributed by atoms with Crippen LogP contribution in [0.15, 0.2) is 15.0 Å². The number of ether oxygens (including phenoxy) is 1. The Morgan fingerprint density at radius 3 is 2.86 bits per heavy atom. The van der Waals surface area contributed by atoms with E-state index in [1.807, 2.05) is 5.82 Å². The van der Waals surface area contributed by atoms with Gasteiger partial charge in [0.15, 0.2) is 0 Å². The number of amidine groups is 2. The van der Waals surface area contributed by atoms with Crippen molar-refractivity contribution in [2.75, 3.05) is 13.3 Å². The van der Waals surface area contributed by atoms with E-state index in [-0.39, 0.29) is 28.2 Å². The van der Waals surface area contributed by atoms with E-state index in [1.54, 1.807) is 4.90 Å². The summed E-state index contributed by atoms with van der Waals surface area (Å²) in [5, 5.41) is 29.2. The summed E-state index contributed by atoms with van der Waals surface area (Å²) >= 11 is -0.0242. The van der Waals surface area contributed by atoms with Crippen LogP contribution in [0.3, 0.4) is 0 Å². The molecule has 116 valence electrons. The van der Waals surface area contributed by atoms with Gasteiger partial charge in [0.05, 0.1) is 0 Å². The van der Waals surface area contributed by atoms with Crippen LogP contribution in [0.1, 0.15) is 0 Å². The molecule has 3 rings (SSSR count). The van der Waals surface area contributed by atoms with E-state index in [4.69, 9.17) is 10.5 Å². The molecule has 1 saturated heterocycles. The second-order valence-corrected chi connectivity index (χ2v) is 6.99. The monoisotopic (exact) mass is 363 g/mol. The minimum absolute atomic E-state index is 0.0242. The third-order valence-electron chi connectivity index (χ3n) is 3.81. The van der Waals surface area contributed by atoms with Crippen LogP contribution >= 0.6 is 0 Å². The third kappa shape index (κ3) is 2.02. The van der Waals surface area contributed by atoms with E-state index in [0.717, 1.165) is 0 Å². The number of aliphatic imine (C=N–C) groups is 3. The Morgan fingerprint density at radius 1 is 1.48 bits per heavy atom. The Morgan fingerprint density at radius 2 is 2.24 bits per heavy atom. The molecule has 3 heterocycles. The van der Waals surface area contributed by atoms with E-state index in [9.17, 15) is 15.3 Å². The van der Waals surface area contributed by atoms with Crippen molar-refractivity contribution in [2.24, 2.45) is 20.7 Å². The summed E-state index contributed by atoms with van der Waals surface area (Å²) in [6.45, 7) is -0.174. The van der Waals surface area contributed by atoms with Crippen molar-refractivity contribution in [2.45, 2.75) is 34.8 Å². The number of nitrogens with zero attached hydrogens (tertiary/aromatic N) is 4. The number of fused-ring (bicyclic) bond motifs is 1. The van der Waals surface area contributed by atoms with E-state index in [1.165, 1.54) is 6.34 Å². The first-order valence-corrected chi connectivity index (χ1v) is 8.98. The molecule has 1 fully saturated rings. The molecule has 1 unspecified atom stereocenters. The third-order valence-corrected chi connectivity index (χ3v) is 6.09. The molecule has 0 spiro atoms. The van der Waals surface area contributed by atoms with Gasteiger partial charge in [-0.25, -0.2) is 0 Å². The normalized spacial score (nSPS) is 42.0. The zero-order valence-corrected chi connectivity index (χ0v) is 13.0. The van der Waals surface area contributed by atoms with Gasteiger partial charge in [-0.1, -0.05) is 0 Å². The molecular formula is C11H17N5O4Se. The summed E-state index contributed by atoms with van der Waals surface area (Å²) in [6.07, 6.45) is -2.51. The molecule has 3 aliphatic rings. The molecule has 0 radical (unpaired) electrons. The first kappa shape index (κ1) is 14.9. The van der Waals surface area contributed by atoms with Gasteiger partial charge in [-0.05, 0) is 0 Å². The van der Waals surface area contributed by atoms with Gasteiger partial charge in [0, 0.05) is 0 Å². The number of aliphatic hydroxyl groups excluding tert-OH is 3. The Hall–Kier alpha value is -1.03. The first-order valence-electron chi connectivity index (χ1n) is 6.41. The quantitative estimate of drug-likeness (QED) is 0.394. The predicted octanol–water partition coefficient (Wildman–Crippen LogP) is -3.06. The number of hydrogen-bond donors (Lipinski definition) is 4. The Bertz CT molecular complexity index is 527. The molecule has 0 aromatic heterocycles. The van der Waals surface area contributed by atoms with Crippen molar-refractivity contribution >= 4 is 33.0 Å². The first-order chi connectivity index (χ1) is 10.0. The molecule has 9 nitrogen and oxygen atoms in total. The van der Waals surface area contributed by atoms with Crippen LogP contribution < -0.4 is 5.73 Å². The molecule has 10 heteroatoms. The van der Waals surface area contributed by atoms with Gasteiger partial charge in [0.25, 0.3) is 0 Å². The summed E-state index contributed by atoms with van der Waals surface area (Å²) in [7, 11) is 0. The fourth-order valence-corrected chi connectivity index (χ4v) is 4.26. The summed E-state index contributed by atoms with van der Waals surface area (Å²) < 4.78 is 4.76.